The molecule has 1 aromatic heterocycles. The summed E-state index contributed by atoms with van der Waals surface area (Å²) in [4.78, 5) is 2.39. The molecule has 2 heteroatoms. The van der Waals surface area contributed by atoms with Gasteiger partial charge in [0.15, 0.2) is 0 Å². The maximum atomic E-state index is 2.39. The summed E-state index contributed by atoms with van der Waals surface area (Å²) in [6.07, 6.45) is 0.974. The second kappa shape index (κ2) is 7.11. The summed E-state index contributed by atoms with van der Waals surface area (Å²) in [7, 11) is 0. The SMILES string of the molecule is c1ccc2c(c1)Cc1ccccc1N2c1ccc(-n2c3ccccc3c3ccccc32)cc1. The number of aromatic nitrogens is 1. The Bertz CT molecular complexity index is 1540. The van der Waals surface area contributed by atoms with Crippen molar-refractivity contribution in [2.24, 2.45) is 0 Å². The van der Waals surface area contributed by atoms with Gasteiger partial charge < -0.3 is 9.47 Å². The molecule has 0 N–H and O–H groups in total. The minimum Gasteiger partial charge on any atom is -0.310 e. The minimum absolute atomic E-state index is 0.974. The summed E-state index contributed by atoms with van der Waals surface area (Å²) in [6, 6.07) is 43.8. The molecule has 5 aromatic carbocycles. The van der Waals surface area contributed by atoms with Crippen LogP contribution in [0.15, 0.2) is 121 Å². The molecule has 0 saturated heterocycles. The highest BCUT2D eigenvalue weighted by Gasteiger charge is 2.23. The Hall–Kier alpha value is -4.30. The highest BCUT2D eigenvalue weighted by atomic mass is 15.2. The molecule has 0 aliphatic carbocycles. The molecule has 2 nitrogen and oxygen atoms in total. The monoisotopic (exact) mass is 422 g/mol. The number of fused-ring (bicyclic) bond motifs is 5. The van der Waals surface area contributed by atoms with Crippen LogP contribution in [0.25, 0.3) is 27.5 Å². The molecule has 0 fully saturated rings. The molecule has 33 heavy (non-hydrogen) atoms. The third-order valence-electron chi connectivity index (χ3n) is 6.79. The van der Waals surface area contributed by atoms with Crippen molar-refractivity contribution in [3.8, 4) is 5.69 Å². The molecule has 0 saturated carbocycles. The van der Waals surface area contributed by atoms with Crippen molar-refractivity contribution < 1.29 is 0 Å². The number of para-hydroxylation sites is 4. The van der Waals surface area contributed by atoms with E-state index in [2.05, 4.69) is 131 Å². The number of nitrogens with zero attached hydrogens (tertiary/aromatic N) is 2. The summed E-state index contributed by atoms with van der Waals surface area (Å²) in [5.74, 6) is 0. The van der Waals surface area contributed by atoms with Crippen LogP contribution >= 0.6 is 0 Å². The van der Waals surface area contributed by atoms with E-state index in [1.807, 2.05) is 0 Å². The van der Waals surface area contributed by atoms with Gasteiger partial charge in [0.1, 0.15) is 0 Å². The fourth-order valence-corrected chi connectivity index (χ4v) is 5.32. The zero-order valence-electron chi connectivity index (χ0n) is 18.1. The van der Waals surface area contributed by atoms with Crippen LogP contribution in [0.2, 0.25) is 0 Å². The second-order valence-corrected chi connectivity index (χ2v) is 8.66. The Balaban J connectivity index is 1.40. The first-order chi connectivity index (χ1) is 16.4. The molecule has 7 rings (SSSR count). The summed E-state index contributed by atoms with van der Waals surface area (Å²) in [5, 5.41) is 2.58. The summed E-state index contributed by atoms with van der Waals surface area (Å²) in [6.45, 7) is 0. The Kier molecular flexibility index (Phi) is 3.94. The number of rotatable bonds is 2. The van der Waals surface area contributed by atoms with Crippen LogP contribution in [0.5, 0.6) is 0 Å². The molecule has 0 bridgehead atoms. The molecule has 2 heterocycles. The smallest absolute Gasteiger partial charge is 0.0541 e. The van der Waals surface area contributed by atoms with Gasteiger partial charge >= 0.3 is 0 Å². The normalized spacial score (nSPS) is 12.7. The Morgan fingerprint density at radius 3 is 1.45 bits per heavy atom. The van der Waals surface area contributed by atoms with Crippen LogP contribution in [-0.2, 0) is 6.42 Å². The van der Waals surface area contributed by atoms with Gasteiger partial charge in [0.05, 0.1) is 11.0 Å². The van der Waals surface area contributed by atoms with Gasteiger partial charge in [-0.2, -0.15) is 0 Å². The number of anilines is 3. The first kappa shape index (κ1) is 18.3. The van der Waals surface area contributed by atoms with Crippen LogP contribution in [0.4, 0.5) is 17.1 Å². The average molecular weight is 423 g/mol. The van der Waals surface area contributed by atoms with Crippen LogP contribution in [0, 0.1) is 0 Å². The molecule has 0 spiro atoms. The van der Waals surface area contributed by atoms with E-state index in [-0.39, 0.29) is 0 Å². The van der Waals surface area contributed by atoms with Gasteiger partial charge in [0.25, 0.3) is 0 Å². The van der Waals surface area contributed by atoms with Gasteiger partial charge in [-0.15, -0.1) is 0 Å². The van der Waals surface area contributed by atoms with Crippen molar-refractivity contribution >= 4 is 38.9 Å². The molecule has 0 atom stereocenters. The maximum Gasteiger partial charge on any atom is 0.0541 e. The minimum atomic E-state index is 0.974. The second-order valence-electron chi connectivity index (χ2n) is 8.66. The summed E-state index contributed by atoms with van der Waals surface area (Å²) < 4.78 is 2.37. The first-order valence-corrected chi connectivity index (χ1v) is 11.4. The number of hydrogen-bond donors (Lipinski definition) is 0. The van der Waals surface area contributed by atoms with Gasteiger partial charge in [-0.1, -0.05) is 72.8 Å². The van der Waals surface area contributed by atoms with Crippen LogP contribution < -0.4 is 4.90 Å². The molecule has 1 aliphatic rings. The zero-order chi connectivity index (χ0) is 21.8. The molecule has 0 amide bonds. The van der Waals surface area contributed by atoms with E-state index in [4.69, 9.17) is 0 Å². The van der Waals surface area contributed by atoms with E-state index in [0.717, 1.165) is 6.42 Å². The lowest BCUT2D eigenvalue weighted by molar-refractivity contribution is 1.08. The fourth-order valence-electron chi connectivity index (χ4n) is 5.32. The largest absolute Gasteiger partial charge is 0.310 e. The topological polar surface area (TPSA) is 8.17 Å². The van der Waals surface area contributed by atoms with Crippen molar-refractivity contribution in [3.63, 3.8) is 0 Å². The van der Waals surface area contributed by atoms with E-state index < -0.39 is 0 Å². The Labute approximate surface area is 193 Å². The molecular weight excluding hydrogens is 400 g/mol. The summed E-state index contributed by atoms with van der Waals surface area (Å²) in [5.41, 5.74) is 10.1. The van der Waals surface area contributed by atoms with Crippen LogP contribution in [0.3, 0.4) is 0 Å². The van der Waals surface area contributed by atoms with Crippen molar-refractivity contribution in [3.05, 3.63) is 132 Å². The van der Waals surface area contributed by atoms with Crippen molar-refractivity contribution in [1.82, 2.24) is 4.57 Å². The lowest BCUT2D eigenvalue weighted by Crippen LogP contribution is -2.18. The quantitative estimate of drug-likeness (QED) is 0.273. The molecule has 0 unspecified atom stereocenters. The van der Waals surface area contributed by atoms with E-state index in [9.17, 15) is 0 Å². The first-order valence-electron chi connectivity index (χ1n) is 11.4. The highest BCUT2D eigenvalue weighted by Crippen LogP contribution is 2.43. The fraction of sp³-hybridized carbons (Fsp3) is 0.0323. The van der Waals surface area contributed by atoms with Crippen LogP contribution in [-0.4, -0.2) is 4.57 Å². The van der Waals surface area contributed by atoms with Gasteiger partial charge in [-0.05, 0) is 59.7 Å². The van der Waals surface area contributed by atoms with E-state index in [1.165, 1.54) is 55.7 Å². The van der Waals surface area contributed by atoms with Crippen molar-refractivity contribution in [1.29, 1.82) is 0 Å². The summed E-state index contributed by atoms with van der Waals surface area (Å²) >= 11 is 0. The van der Waals surface area contributed by atoms with Crippen molar-refractivity contribution in [2.45, 2.75) is 6.42 Å². The van der Waals surface area contributed by atoms with Gasteiger partial charge in [-0.25, -0.2) is 0 Å². The molecule has 6 aromatic rings. The lowest BCUT2D eigenvalue weighted by atomic mass is 9.95. The molecule has 0 radical (unpaired) electrons. The van der Waals surface area contributed by atoms with Gasteiger partial charge in [0, 0.05) is 39.9 Å². The van der Waals surface area contributed by atoms with Crippen molar-refractivity contribution in [2.75, 3.05) is 4.90 Å². The number of hydrogen-bond acceptors (Lipinski definition) is 1. The molecule has 1 aliphatic heterocycles. The third-order valence-corrected chi connectivity index (χ3v) is 6.79. The highest BCUT2D eigenvalue weighted by molar-refractivity contribution is 6.09. The predicted molar refractivity (Wildman–Crippen MR) is 138 cm³/mol. The van der Waals surface area contributed by atoms with Gasteiger partial charge in [-0.3, -0.25) is 0 Å². The lowest BCUT2D eigenvalue weighted by Gasteiger charge is -2.33. The standard InChI is InChI=1S/C31H22N2/c1-5-13-28-22(9-1)21-23-10-2-6-14-29(23)32(28)24-17-19-25(20-18-24)33-30-15-7-3-11-26(30)27-12-4-8-16-31(27)33/h1-20H,21H2. The molecular formula is C31H22N2. The maximum absolute atomic E-state index is 2.39. The van der Waals surface area contributed by atoms with Gasteiger partial charge in [0.2, 0.25) is 0 Å². The van der Waals surface area contributed by atoms with E-state index in [0.29, 0.717) is 0 Å². The Morgan fingerprint density at radius 2 is 0.879 bits per heavy atom. The van der Waals surface area contributed by atoms with Crippen LogP contribution in [0.1, 0.15) is 11.1 Å². The van der Waals surface area contributed by atoms with E-state index in [1.54, 1.807) is 0 Å². The predicted octanol–water partition coefficient (Wildman–Crippen LogP) is 8.16. The zero-order valence-corrected chi connectivity index (χ0v) is 18.1. The molecule has 156 valence electrons. The third kappa shape index (κ3) is 2.74. The Morgan fingerprint density at radius 1 is 0.424 bits per heavy atom. The van der Waals surface area contributed by atoms with E-state index >= 15 is 0 Å². The average Bonchev–Trinajstić information content (AvgIpc) is 3.22. The number of benzene rings is 5.